The molecule has 0 aliphatic rings. The molecule has 18 heavy (non-hydrogen) atoms. The normalized spacial score (nSPS) is 12.5. The van der Waals surface area contributed by atoms with E-state index in [9.17, 15) is 4.79 Å². The minimum absolute atomic E-state index is 0.0278. The van der Waals surface area contributed by atoms with Gasteiger partial charge in [0.2, 0.25) is 0 Å². The maximum atomic E-state index is 10.9. The third kappa shape index (κ3) is 2.74. The summed E-state index contributed by atoms with van der Waals surface area (Å²) in [5.74, 6) is -0.868. The average molecular weight is 248 g/mol. The van der Waals surface area contributed by atoms with Gasteiger partial charge in [-0.05, 0) is 34.9 Å². The first kappa shape index (κ1) is 14.7. The molecule has 1 N–H and O–H groups in total. The summed E-state index contributed by atoms with van der Waals surface area (Å²) in [6.45, 7) is 11.2. The molecule has 0 fully saturated rings. The Morgan fingerprint density at radius 2 is 1.61 bits per heavy atom. The molecular weight excluding hydrogens is 224 g/mol. The van der Waals surface area contributed by atoms with Gasteiger partial charge >= 0.3 is 5.97 Å². The van der Waals surface area contributed by atoms with Crippen LogP contribution in [0.1, 0.15) is 63.4 Å². The van der Waals surface area contributed by atoms with Crippen LogP contribution >= 0.6 is 0 Å². The Morgan fingerprint density at radius 3 is 2.00 bits per heavy atom. The molecular formula is C16H24O2. The Kier molecular flexibility index (Phi) is 4.20. The Morgan fingerprint density at radius 1 is 1.11 bits per heavy atom. The lowest BCUT2D eigenvalue weighted by Gasteiger charge is -2.42. The zero-order valence-corrected chi connectivity index (χ0v) is 12.1. The number of carbonyl (C=O) groups is 1. The van der Waals surface area contributed by atoms with Crippen molar-refractivity contribution in [3.8, 4) is 0 Å². The molecule has 0 aromatic heterocycles. The molecule has 1 aromatic carbocycles. The van der Waals surface area contributed by atoms with Gasteiger partial charge in [0.1, 0.15) is 0 Å². The van der Waals surface area contributed by atoms with Crippen LogP contribution in [0.25, 0.3) is 0 Å². The summed E-state index contributed by atoms with van der Waals surface area (Å²) in [6.07, 6.45) is 2.31. The zero-order chi connectivity index (χ0) is 14.0. The smallest absolute Gasteiger partial charge is 0.335 e. The van der Waals surface area contributed by atoms with E-state index in [0.717, 1.165) is 12.8 Å². The molecule has 2 heteroatoms. The van der Waals surface area contributed by atoms with Gasteiger partial charge in [0.05, 0.1) is 5.56 Å². The topological polar surface area (TPSA) is 37.3 Å². The van der Waals surface area contributed by atoms with Gasteiger partial charge in [-0.25, -0.2) is 4.79 Å². The van der Waals surface area contributed by atoms with Crippen molar-refractivity contribution < 1.29 is 9.90 Å². The van der Waals surface area contributed by atoms with Crippen LogP contribution in [-0.4, -0.2) is 11.1 Å². The standard InChI is InChI=1S/C16H24O2/c1-6-11-15(2,3)16(4,5)13-9-7-12(8-10-13)14(17)18/h7-10H,6,11H2,1-5H3,(H,17,18). The van der Waals surface area contributed by atoms with Crippen molar-refractivity contribution in [1.29, 1.82) is 0 Å². The fraction of sp³-hybridized carbons (Fsp3) is 0.562. The van der Waals surface area contributed by atoms with E-state index in [0.29, 0.717) is 5.56 Å². The molecule has 0 amide bonds. The maximum Gasteiger partial charge on any atom is 0.335 e. The highest BCUT2D eigenvalue weighted by Gasteiger charge is 2.37. The van der Waals surface area contributed by atoms with Gasteiger partial charge in [0, 0.05) is 0 Å². The summed E-state index contributed by atoms with van der Waals surface area (Å²) in [5.41, 5.74) is 1.76. The van der Waals surface area contributed by atoms with Gasteiger partial charge < -0.3 is 5.11 Å². The van der Waals surface area contributed by atoms with Crippen LogP contribution in [0.4, 0.5) is 0 Å². The average Bonchev–Trinajstić information content (AvgIpc) is 2.28. The predicted molar refractivity (Wildman–Crippen MR) is 75.1 cm³/mol. The van der Waals surface area contributed by atoms with Crippen molar-refractivity contribution in [2.75, 3.05) is 0 Å². The van der Waals surface area contributed by atoms with Gasteiger partial charge in [0.25, 0.3) is 0 Å². The maximum absolute atomic E-state index is 10.9. The highest BCUT2D eigenvalue weighted by atomic mass is 16.4. The highest BCUT2D eigenvalue weighted by Crippen LogP contribution is 2.44. The van der Waals surface area contributed by atoms with E-state index in [1.54, 1.807) is 12.1 Å². The summed E-state index contributed by atoms with van der Waals surface area (Å²) >= 11 is 0. The Labute approximate surface area is 110 Å². The summed E-state index contributed by atoms with van der Waals surface area (Å²) < 4.78 is 0. The molecule has 0 unspecified atom stereocenters. The van der Waals surface area contributed by atoms with Crippen molar-refractivity contribution in [1.82, 2.24) is 0 Å². The second-order valence-corrected chi connectivity index (χ2v) is 6.14. The molecule has 0 saturated heterocycles. The summed E-state index contributed by atoms with van der Waals surface area (Å²) in [6, 6.07) is 7.28. The summed E-state index contributed by atoms with van der Waals surface area (Å²) in [5, 5.41) is 8.92. The van der Waals surface area contributed by atoms with E-state index in [4.69, 9.17) is 5.11 Å². The molecule has 0 aliphatic heterocycles. The molecule has 0 heterocycles. The SMILES string of the molecule is CCCC(C)(C)C(C)(C)c1ccc(C(=O)O)cc1. The van der Waals surface area contributed by atoms with E-state index in [2.05, 4.69) is 34.6 Å². The van der Waals surface area contributed by atoms with Crippen LogP contribution in [0.5, 0.6) is 0 Å². The van der Waals surface area contributed by atoms with Crippen molar-refractivity contribution in [3.63, 3.8) is 0 Å². The third-order valence-corrected chi connectivity index (χ3v) is 4.42. The van der Waals surface area contributed by atoms with Gasteiger partial charge in [-0.2, -0.15) is 0 Å². The first-order valence-corrected chi connectivity index (χ1v) is 6.56. The van der Waals surface area contributed by atoms with Crippen LogP contribution < -0.4 is 0 Å². The fourth-order valence-corrected chi connectivity index (χ4v) is 2.36. The molecule has 100 valence electrons. The van der Waals surface area contributed by atoms with Crippen LogP contribution in [-0.2, 0) is 5.41 Å². The molecule has 2 nitrogen and oxygen atoms in total. The largest absolute Gasteiger partial charge is 0.478 e. The number of hydrogen-bond acceptors (Lipinski definition) is 1. The van der Waals surface area contributed by atoms with E-state index in [1.807, 2.05) is 12.1 Å². The second-order valence-electron chi connectivity index (χ2n) is 6.14. The minimum Gasteiger partial charge on any atom is -0.478 e. The predicted octanol–water partition coefficient (Wildman–Crippen LogP) is 4.49. The zero-order valence-electron chi connectivity index (χ0n) is 12.1. The van der Waals surface area contributed by atoms with Crippen molar-refractivity contribution in [3.05, 3.63) is 35.4 Å². The first-order chi connectivity index (χ1) is 8.22. The van der Waals surface area contributed by atoms with Crippen LogP contribution in [0.3, 0.4) is 0 Å². The fourth-order valence-electron chi connectivity index (χ4n) is 2.36. The van der Waals surface area contributed by atoms with E-state index in [1.165, 1.54) is 5.56 Å². The van der Waals surface area contributed by atoms with E-state index >= 15 is 0 Å². The lowest BCUT2D eigenvalue weighted by molar-refractivity contribution is 0.0697. The van der Waals surface area contributed by atoms with Gasteiger partial charge in [-0.1, -0.05) is 53.2 Å². The van der Waals surface area contributed by atoms with E-state index < -0.39 is 5.97 Å². The molecule has 0 atom stereocenters. The number of rotatable bonds is 5. The number of aromatic carboxylic acids is 1. The molecule has 0 saturated carbocycles. The summed E-state index contributed by atoms with van der Waals surface area (Å²) in [4.78, 5) is 10.9. The monoisotopic (exact) mass is 248 g/mol. The van der Waals surface area contributed by atoms with Gasteiger partial charge in [0.15, 0.2) is 0 Å². The molecule has 0 spiro atoms. The lowest BCUT2D eigenvalue weighted by atomic mass is 9.62. The van der Waals surface area contributed by atoms with Gasteiger partial charge in [-0.15, -0.1) is 0 Å². The lowest BCUT2D eigenvalue weighted by Crippen LogP contribution is -2.36. The Hall–Kier alpha value is -1.31. The van der Waals surface area contributed by atoms with E-state index in [-0.39, 0.29) is 10.8 Å². The molecule has 0 bridgehead atoms. The Bertz CT molecular complexity index is 413. The number of hydrogen-bond donors (Lipinski definition) is 1. The quantitative estimate of drug-likeness (QED) is 0.833. The number of carboxylic acids is 1. The molecule has 1 aromatic rings. The van der Waals surface area contributed by atoms with Gasteiger partial charge in [-0.3, -0.25) is 0 Å². The van der Waals surface area contributed by atoms with Crippen molar-refractivity contribution >= 4 is 5.97 Å². The Balaban J connectivity index is 3.08. The van der Waals surface area contributed by atoms with Crippen molar-refractivity contribution in [2.24, 2.45) is 5.41 Å². The van der Waals surface area contributed by atoms with Crippen LogP contribution in [0.15, 0.2) is 24.3 Å². The highest BCUT2D eigenvalue weighted by molar-refractivity contribution is 5.87. The molecule has 0 aliphatic carbocycles. The second kappa shape index (κ2) is 5.13. The van der Waals surface area contributed by atoms with Crippen LogP contribution in [0, 0.1) is 5.41 Å². The van der Waals surface area contributed by atoms with Crippen molar-refractivity contribution in [2.45, 2.75) is 52.9 Å². The van der Waals surface area contributed by atoms with Crippen LogP contribution in [0.2, 0.25) is 0 Å². The minimum atomic E-state index is -0.868. The third-order valence-electron chi connectivity index (χ3n) is 4.42. The number of carboxylic acid groups (broad SMARTS) is 1. The number of benzene rings is 1. The first-order valence-electron chi connectivity index (χ1n) is 6.56. The molecule has 1 rings (SSSR count). The molecule has 0 radical (unpaired) electrons. The summed E-state index contributed by atoms with van der Waals surface area (Å²) in [7, 11) is 0.